The number of rotatable bonds is 1. The van der Waals surface area contributed by atoms with Gasteiger partial charge in [0.05, 0.1) is 7.11 Å². The van der Waals surface area contributed by atoms with E-state index in [1.165, 1.54) is 13.2 Å². The number of methoxy groups -OCH3 is 1. The Morgan fingerprint density at radius 2 is 1.56 bits per heavy atom. The molecule has 92 valence electrons. The maximum absolute atomic E-state index is 13.3. The van der Waals surface area contributed by atoms with Gasteiger partial charge in [-0.2, -0.15) is 0 Å². The Hall–Kier alpha value is -1.12. The zero-order chi connectivity index (χ0) is 12.9. The van der Waals surface area contributed by atoms with E-state index < -0.39 is 11.6 Å². The molecule has 0 spiro atoms. The Bertz CT molecular complexity index is 341. The van der Waals surface area contributed by atoms with Gasteiger partial charge in [-0.1, -0.05) is 34.6 Å². The van der Waals surface area contributed by atoms with E-state index in [9.17, 15) is 8.78 Å². The van der Waals surface area contributed by atoms with Crippen LogP contribution in [0.2, 0.25) is 0 Å². The summed E-state index contributed by atoms with van der Waals surface area (Å²) in [6, 6.07) is 2.13. The highest BCUT2D eigenvalue weighted by atomic mass is 19.1. The number of hydrogen-bond acceptors (Lipinski definition) is 1. The lowest BCUT2D eigenvalue weighted by atomic mass is 9.86. The first-order valence-electron chi connectivity index (χ1n) is 5.40. The van der Waals surface area contributed by atoms with E-state index in [1.807, 2.05) is 34.6 Å². The number of hydrogen-bond donors (Lipinski definition) is 0. The van der Waals surface area contributed by atoms with E-state index in [0.717, 1.165) is 6.07 Å². The summed E-state index contributed by atoms with van der Waals surface area (Å²) in [6.07, 6.45) is 0. The van der Waals surface area contributed by atoms with Gasteiger partial charge in [0.1, 0.15) is 5.82 Å². The topological polar surface area (TPSA) is 9.23 Å². The molecule has 1 aromatic carbocycles. The lowest BCUT2D eigenvalue weighted by Gasteiger charge is -2.22. The average Bonchev–Trinajstić information content (AvgIpc) is 2.18. The molecule has 16 heavy (non-hydrogen) atoms. The molecule has 0 aliphatic heterocycles. The van der Waals surface area contributed by atoms with Crippen LogP contribution >= 0.6 is 0 Å². The summed E-state index contributed by atoms with van der Waals surface area (Å²) in [7, 11) is 1.38. The van der Waals surface area contributed by atoms with Crippen molar-refractivity contribution in [3.63, 3.8) is 0 Å². The Balaban J connectivity index is 0.00000106. The fourth-order valence-corrected chi connectivity index (χ4v) is 1.32. The fourth-order valence-electron chi connectivity index (χ4n) is 1.32. The summed E-state index contributed by atoms with van der Waals surface area (Å²) >= 11 is 0. The lowest BCUT2D eigenvalue weighted by Crippen LogP contribution is -2.14. The van der Waals surface area contributed by atoms with Gasteiger partial charge < -0.3 is 4.74 Å². The van der Waals surface area contributed by atoms with E-state index >= 15 is 0 Å². The SMILES string of the molecule is CC.COc1c(F)cc(F)cc1C(C)(C)C. The van der Waals surface area contributed by atoms with Crippen LogP contribution in [0.1, 0.15) is 40.2 Å². The first-order chi connectivity index (χ1) is 7.36. The van der Waals surface area contributed by atoms with Gasteiger partial charge >= 0.3 is 0 Å². The van der Waals surface area contributed by atoms with Crippen molar-refractivity contribution >= 4 is 0 Å². The second-order valence-corrected chi connectivity index (χ2v) is 4.22. The lowest BCUT2D eigenvalue weighted by molar-refractivity contribution is 0.367. The maximum Gasteiger partial charge on any atom is 0.168 e. The maximum atomic E-state index is 13.3. The molecule has 0 aliphatic carbocycles. The zero-order valence-corrected chi connectivity index (χ0v) is 10.8. The normalized spacial score (nSPS) is 10.5. The quantitative estimate of drug-likeness (QED) is 0.699. The fraction of sp³-hybridized carbons (Fsp3) is 0.538. The van der Waals surface area contributed by atoms with Crippen molar-refractivity contribution in [3.05, 3.63) is 29.3 Å². The van der Waals surface area contributed by atoms with Gasteiger partial charge in [-0.25, -0.2) is 8.78 Å². The second-order valence-electron chi connectivity index (χ2n) is 4.22. The van der Waals surface area contributed by atoms with E-state index in [2.05, 4.69) is 0 Å². The molecule has 0 amide bonds. The van der Waals surface area contributed by atoms with Crippen molar-refractivity contribution in [3.8, 4) is 5.75 Å². The smallest absolute Gasteiger partial charge is 0.168 e. The van der Waals surface area contributed by atoms with Gasteiger partial charge in [-0.3, -0.25) is 0 Å². The zero-order valence-electron chi connectivity index (χ0n) is 10.8. The first kappa shape index (κ1) is 14.9. The summed E-state index contributed by atoms with van der Waals surface area (Å²) in [6.45, 7) is 9.64. The third-order valence-electron chi connectivity index (χ3n) is 2.02. The molecular weight excluding hydrogens is 210 g/mol. The summed E-state index contributed by atoms with van der Waals surface area (Å²) < 4.78 is 31.2. The molecular formula is C13H20F2O. The first-order valence-corrected chi connectivity index (χ1v) is 5.40. The van der Waals surface area contributed by atoms with Gasteiger partial charge in [0, 0.05) is 11.6 Å². The molecule has 0 saturated heterocycles. The minimum absolute atomic E-state index is 0.124. The van der Waals surface area contributed by atoms with Crippen LogP contribution in [0.3, 0.4) is 0 Å². The van der Waals surface area contributed by atoms with Crippen LogP contribution in [-0.4, -0.2) is 7.11 Å². The predicted molar refractivity (Wildman–Crippen MR) is 63.0 cm³/mol. The largest absolute Gasteiger partial charge is 0.493 e. The molecule has 1 rings (SSSR count). The third-order valence-corrected chi connectivity index (χ3v) is 2.02. The molecule has 0 radical (unpaired) electrons. The van der Waals surface area contributed by atoms with Crippen LogP contribution in [0.4, 0.5) is 8.78 Å². The minimum Gasteiger partial charge on any atom is -0.493 e. The molecule has 1 nitrogen and oxygen atoms in total. The Kier molecular flexibility index (Phi) is 5.42. The van der Waals surface area contributed by atoms with Crippen molar-refractivity contribution in [2.75, 3.05) is 7.11 Å². The van der Waals surface area contributed by atoms with Crippen molar-refractivity contribution < 1.29 is 13.5 Å². The van der Waals surface area contributed by atoms with Crippen LogP contribution in [-0.2, 0) is 5.41 Å². The minimum atomic E-state index is -0.655. The van der Waals surface area contributed by atoms with E-state index in [0.29, 0.717) is 5.56 Å². The van der Waals surface area contributed by atoms with E-state index in [1.54, 1.807) is 0 Å². The molecule has 0 aliphatic rings. The Morgan fingerprint density at radius 1 is 1.06 bits per heavy atom. The molecule has 0 aromatic heterocycles. The highest BCUT2D eigenvalue weighted by Crippen LogP contribution is 2.33. The summed E-state index contributed by atoms with van der Waals surface area (Å²) in [5.74, 6) is -1.11. The van der Waals surface area contributed by atoms with Crippen LogP contribution < -0.4 is 4.74 Å². The summed E-state index contributed by atoms with van der Waals surface area (Å²) in [4.78, 5) is 0. The standard InChI is InChI=1S/C11H14F2O.C2H6/c1-11(2,3)8-5-7(12)6-9(13)10(8)14-4;1-2/h5-6H,1-4H3;1-2H3. The van der Waals surface area contributed by atoms with Crippen LogP contribution in [0.25, 0.3) is 0 Å². The van der Waals surface area contributed by atoms with Crippen LogP contribution in [0.15, 0.2) is 12.1 Å². The monoisotopic (exact) mass is 230 g/mol. The van der Waals surface area contributed by atoms with Crippen molar-refractivity contribution in [2.45, 2.75) is 40.0 Å². The Morgan fingerprint density at radius 3 is 1.94 bits per heavy atom. The molecule has 0 heterocycles. The van der Waals surface area contributed by atoms with Crippen molar-refractivity contribution in [2.24, 2.45) is 0 Å². The van der Waals surface area contributed by atoms with Gasteiger partial charge in [0.25, 0.3) is 0 Å². The molecule has 0 unspecified atom stereocenters. The van der Waals surface area contributed by atoms with Gasteiger partial charge in [-0.05, 0) is 11.5 Å². The Labute approximate surface area is 96.4 Å². The van der Waals surface area contributed by atoms with Gasteiger partial charge in [-0.15, -0.1) is 0 Å². The third kappa shape index (κ3) is 3.47. The average molecular weight is 230 g/mol. The highest BCUT2D eigenvalue weighted by Gasteiger charge is 2.22. The van der Waals surface area contributed by atoms with Crippen LogP contribution in [0, 0.1) is 11.6 Å². The molecule has 1 aromatic rings. The summed E-state index contributed by atoms with van der Waals surface area (Å²) in [5, 5.41) is 0. The van der Waals surface area contributed by atoms with E-state index in [-0.39, 0.29) is 11.2 Å². The molecule has 0 bridgehead atoms. The highest BCUT2D eigenvalue weighted by molar-refractivity contribution is 5.40. The molecule has 3 heteroatoms. The number of ether oxygens (including phenoxy) is 1. The molecule has 0 saturated carbocycles. The molecule has 0 atom stereocenters. The van der Waals surface area contributed by atoms with Gasteiger partial charge in [0.2, 0.25) is 0 Å². The number of halogens is 2. The summed E-state index contributed by atoms with van der Waals surface area (Å²) in [5.41, 5.74) is 0.200. The van der Waals surface area contributed by atoms with E-state index in [4.69, 9.17) is 4.74 Å². The second kappa shape index (κ2) is 5.83. The number of benzene rings is 1. The van der Waals surface area contributed by atoms with Gasteiger partial charge in [0.15, 0.2) is 11.6 Å². The van der Waals surface area contributed by atoms with Crippen molar-refractivity contribution in [1.29, 1.82) is 0 Å². The van der Waals surface area contributed by atoms with Crippen molar-refractivity contribution in [1.82, 2.24) is 0 Å². The predicted octanol–water partition coefficient (Wildman–Crippen LogP) is 4.30. The van der Waals surface area contributed by atoms with Crippen LogP contribution in [0.5, 0.6) is 5.75 Å². The molecule has 0 N–H and O–H groups in total. The molecule has 0 fully saturated rings.